The molecule has 1 heterocycles. The van der Waals surface area contributed by atoms with Crippen molar-refractivity contribution in [2.24, 2.45) is 0 Å². The number of hydrogen-bond donors (Lipinski definition) is 0. The van der Waals surface area contributed by atoms with Crippen LogP contribution in [0.25, 0.3) is 0 Å². The van der Waals surface area contributed by atoms with Gasteiger partial charge in [-0.2, -0.15) is 0 Å². The first-order valence-corrected chi connectivity index (χ1v) is 8.65. The fourth-order valence-corrected chi connectivity index (χ4v) is 3.82. The summed E-state index contributed by atoms with van der Waals surface area (Å²) in [6.45, 7) is 2.98. The van der Waals surface area contributed by atoms with Gasteiger partial charge in [0.1, 0.15) is 0 Å². The van der Waals surface area contributed by atoms with Crippen molar-refractivity contribution < 1.29 is 4.79 Å². The summed E-state index contributed by atoms with van der Waals surface area (Å²) >= 11 is 5.26. The molecule has 108 valence electrons. The van der Waals surface area contributed by atoms with E-state index in [-0.39, 0.29) is 5.91 Å². The summed E-state index contributed by atoms with van der Waals surface area (Å²) in [6.07, 6.45) is 1.00. The highest BCUT2D eigenvalue weighted by atomic mass is 79.9. The first kappa shape index (κ1) is 14.7. The summed E-state index contributed by atoms with van der Waals surface area (Å²) in [4.78, 5) is 15.9. The fourth-order valence-electron chi connectivity index (χ4n) is 2.45. The Kier molecular flexibility index (Phi) is 4.36. The number of rotatable bonds is 1. The number of hydrogen-bond acceptors (Lipinski definition) is 2. The maximum atomic E-state index is 12.8. The van der Waals surface area contributed by atoms with Crippen LogP contribution in [-0.4, -0.2) is 17.7 Å². The van der Waals surface area contributed by atoms with Crippen LogP contribution in [-0.2, 0) is 0 Å². The van der Waals surface area contributed by atoms with E-state index in [4.69, 9.17) is 0 Å². The summed E-state index contributed by atoms with van der Waals surface area (Å²) in [5.74, 6) is 0.0738. The van der Waals surface area contributed by atoms with E-state index in [0.717, 1.165) is 28.7 Å². The molecule has 0 N–H and O–H groups in total. The summed E-state index contributed by atoms with van der Waals surface area (Å²) in [6, 6.07) is 15.7. The van der Waals surface area contributed by atoms with E-state index < -0.39 is 0 Å². The number of fused-ring (bicyclic) bond motifs is 1. The minimum Gasteiger partial charge on any atom is -0.307 e. The zero-order valence-corrected chi connectivity index (χ0v) is 14.2. The van der Waals surface area contributed by atoms with Crippen molar-refractivity contribution in [1.29, 1.82) is 0 Å². The topological polar surface area (TPSA) is 20.3 Å². The average Bonchev–Trinajstić information content (AvgIpc) is 2.65. The van der Waals surface area contributed by atoms with Crippen LogP contribution in [0.3, 0.4) is 0 Å². The summed E-state index contributed by atoms with van der Waals surface area (Å²) in [5, 5.41) is 0.522. The molecule has 1 amide bonds. The van der Waals surface area contributed by atoms with Crippen LogP contribution < -0.4 is 4.90 Å². The van der Waals surface area contributed by atoms with Gasteiger partial charge in [0.25, 0.3) is 5.91 Å². The van der Waals surface area contributed by atoms with Crippen molar-refractivity contribution in [1.82, 2.24) is 0 Å². The van der Waals surface area contributed by atoms with E-state index in [0.29, 0.717) is 5.25 Å². The minimum absolute atomic E-state index is 0.0738. The van der Waals surface area contributed by atoms with Crippen LogP contribution in [0.5, 0.6) is 0 Å². The van der Waals surface area contributed by atoms with Crippen LogP contribution >= 0.6 is 27.7 Å². The molecule has 0 radical (unpaired) electrons. The molecule has 2 aromatic carbocycles. The number of benzene rings is 2. The lowest BCUT2D eigenvalue weighted by molar-refractivity contribution is 0.0986. The van der Waals surface area contributed by atoms with E-state index in [2.05, 4.69) is 28.9 Å². The van der Waals surface area contributed by atoms with Gasteiger partial charge < -0.3 is 4.90 Å². The first-order valence-electron chi connectivity index (χ1n) is 6.98. The van der Waals surface area contributed by atoms with Crippen molar-refractivity contribution in [3.63, 3.8) is 0 Å². The lowest BCUT2D eigenvalue weighted by Crippen LogP contribution is -2.32. The largest absolute Gasteiger partial charge is 0.307 e. The van der Waals surface area contributed by atoms with E-state index in [1.807, 2.05) is 59.1 Å². The Morgan fingerprint density at radius 2 is 1.90 bits per heavy atom. The quantitative estimate of drug-likeness (QED) is 0.713. The standard InChI is InChI=1S/C17H16BrNOS/c1-12-10-11-19(15-4-2-3-5-16(15)21-12)17(20)13-6-8-14(18)9-7-13/h2-9,12H,10-11H2,1H3/t12-/m0/s1. The molecule has 0 bridgehead atoms. The van der Waals surface area contributed by atoms with E-state index in [9.17, 15) is 4.79 Å². The molecular weight excluding hydrogens is 346 g/mol. The van der Waals surface area contributed by atoms with Gasteiger partial charge in [0.15, 0.2) is 0 Å². The number of para-hydroxylation sites is 1. The molecule has 1 atom stereocenters. The molecule has 0 saturated carbocycles. The number of carbonyl (C=O) groups is 1. The van der Waals surface area contributed by atoms with Crippen molar-refractivity contribution in [2.75, 3.05) is 11.4 Å². The monoisotopic (exact) mass is 361 g/mol. The van der Waals surface area contributed by atoms with Crippen molar-refractivity contribution in [3.05, 3.63) is 58.6 Å². The number of amides is 1. The van der Waals surface area contributed by atoms with E-state index in [1.165, 1.54) is 4.90 Å². The molecule has 0 unspecified atom stereocenters. The zero-order valence-electron chi connectivity index (χ0n) is 11.8. The Balaban J connectivity index is 1.97. The van der Waals surface area contributed by atoms with Gasteiger partial charge in [-0.1, -0.05) is 35.0 Å². The lowest BCUT2D eigenvalue weighted by Gasteiger charge is -2.22. The number of halogens is 1. The number of carbonyl (C=O) groups excluding carboxylic acids is 1. The van der Waals surface area contributed by atoms with Crippen molar-refractivity contribution in [3.8, 4) is 0 Å². The van der Waals surface area contributed by atoms with E-state index >= 15 is 0 Å². The molecule has 0 aromatic heterocycles. The average molecular weight is 362 g/mol. The summed E-state index contributed by atoms with van der Waals surface area (Å²) in [5.41, 5.74) is 1.76. The molecule has 0 saturated heterocycles. The van der Waals surface area contributed by atoms with Gasteiger partial charge in [0, 0.05) is 26.7 Å². The number of thioether (sulfide) groups is 1. The summed E-state index contributed by atoms with van der Waals surface area (Å²) < 4.78 is 0.986. The van der Waals surface area contributed by atoms with E-state index in [1.54, 1.807) is 0 Å². The second kappa shape index (κ2) is 6.24. The Morgan fingerprint density at radius 3 is 2.67 bits per heavy atom. The highest BCUT2D eigenvalue weighted by Gasteiger charge is 2.24. The van der Waals surface area contributed by atoms with Gasteiger partial charge in [0.05, 0.1) is 5.69 Å². The van der Waals surface area contributed by atoms with Gasteiger partial charge in [-0.3, -0.25) is 4.79 Å². The third-order valence-corrected chi connectivity index (χ3v) is 5.35. The number of anilines is 1. The van der Waals surface area contributed by atoms with Gasteiger partial charge >= 0.3 is 0 Å². The minimum atomic E-state index is 0.0738. The molecule has 2 nitrogen and oxygen atoms in total. The molecular formula is C17H16BrNOS. The Bertz CT molecular complexity index is 656. The highest BCUT2D eigenvalue weighted by molar-refractivity contribution is 9.10. The van der Waals surface area contributed by atoms with Crippen LogP contribution in [0.4, 0.5) is 5.69 Å². The van der Waals surface area contributed by atoms with Gasteiger partial charge in [-0.15, -0.1) is 11.8 Å². The first-order chi connectivity index (χ1) is 10.1. The van der Waals surface area contributed by atoms with Gasteiger partial charge in [0.2, 0.25) is 0 Å². The maximum Gasteiger partial charge on any atom is 0.258 e. The predicted octanol–water partition coefficient (Wildman–Crippen LogP) is 4.98. The number of nitrogens with zero attached hydrogens (tertiary/aromatic N) is 1. The van der Waals surface area contributed by atoms with Crippen molar-refractivity contribution >= 4 is 39.3 Å². The molecule has 0 fully saturated rings. The molecule has 4 heteroatoms. The molecule has 21 heavy (non-hydrogen) atoms. The van der Waals surface area contributed by atoms with Crippen LogP contribution in [0.1, 0.15) is 23.7 Å². The molecule has 1 aliphatic rings. The second-order valence-electron chi connectivity index (χ2n) is 5.15. The predicted molar refractivity (Wildman–Crippen MR) is 92.2 cm³/mol. The third-order valence-electron chi connectivity index (χ3n) is 3.58. The summed E-state index contributed by atoms with van der Waals surface area (Å²) in [7, 11) is 0. The smallest absolute Gasteiger partial charge is 0.258 e. The SMILES string of the molecule is C[C@H]1CCN(C(=O)c2ccc(Br)cc2)c2ccccc2S1. The van der Waals surface area contributed by atoms with Gasteiger partial charge in [-0.05, 0) is 42.8 Å². The Labute approximate surface area is 137 Å². The van der Waals surface area contributed by atoms with Gasteiger partial charge in [-0.25, -0.2) is 0 Å². The zero-order chi connectivity index (χ0) is 14.8. The lowest BCUT2D eigenvalue weighted by atomic mass is 10.1. The van der Waals surface area contributed by atoms with Crippen LogP contribution in [0.2, 0.25) is 0 Å². The molecule has 2 aromatic rings. The normalized spacial score (nSPS) is 18.0. The molecule has 0 aliphatic carbocycles. The highest BCUT2D eigenvalue weighted by Crippen LogP contribution is 2.37. The molecule has 0 spiro atoms. The second-order valence-corrected chi connectivity index (χ2v) is 7.54. The Hall–Kier alpha value is -1.26. The van der Waals surface area contributed by atoms with Crippen LogP contribution in [0.15, 0.2) is 57.9 Å². The molecule has 3 rings (SSSR count). The Morgan fingerprint density at radius 1 is 1.19 bits per heavy atom. The maximum absolute atomic E-state index is 12.8. The molecule has 1 aliphatic heterocycles. The van der Waals surface area contributed by atoms with Crippen LogP contribution in [0, 0.1) is 0 Å². The fraction of sp³-hybridized carbons (Fsp3) is 0.235. The third kappa shape index (κ3) is 3.16. The van der Waals surface area contributed by atoms with Crippen molar-refractivity contribution in [2.45, 2.75) is 23.5 Å².